The number of aryl methyl sites for hydroxylation is 1. The van der Waals surface area contributed by atoms with E-state index in [0.717, 1.165) is 17.5 Å². The topological polar surface area (TPSA) is 49.4 Å². The number of hydrogen-bond acceptors (Lipinski definition) is 3. The van der Waals surface area contributed by atoms with Crippen LogP contribution < -0.4 is 10.2 Å². The summed E-state index contributed by atoms with van der Waals surface area (Å²) in [4.78, 5) is 24.1. The van der Waals surface area contributed by atoms with Crippen molar-refractivity contribution in [1.82, 2.24) is 5.32 Å². The Kier molecular flexibility index (Phi) is 3.99. The van der Waals surface area contributed by atoms with Crippen LogP contribution >= 0.6 is 11.6 Å². The van der Waals surface area contributed by atoms with E-state index in [1.165, 1.54) is 0 Å². The molecule has 0 aromatic heterocycles. The van der Waals surface area contributed by atoms with Crippen molar-refractivity contribution >= 4 is 29.5 Å². The number of rotatable bonds is 4. The molecule has 1 aromatic carbocycles. The number of benzene rings is 1. The lowest BCUT2D eigenvalue weighted by atomic mass is 10.1. The van der Waals surface area contributed by atoms with Gasteiger partial charge in [0.15, 0.2) is 0 Å². The van der Waals surface area contributed by atoms with Gasteiger partial charge in [0.1, 0.15) is 6.29 Å². The molecule has 18 heavy (non-hydrogen) atoms. The predicted molar refractivity (Wildman–Crippen MR) is 70.8 cm³/mol. The smallest absolute Gasteiger partial charge is 0.242 e. The number of aldehydes is 1. The number of hydrogen-bond donors (Lipinski definition) is 1. The zero-order chi connectivity index (χ0) is 13.1. The molecule has 4 nitrogen and oxygen atoms in total. The molecule has 0 aliphatic carbocycles. The van der Waals surface area contributed by atoms with Crippen molar-refractivity contribution in [2.24, 2.45) is 0 Å². The average Bonchev–Trinajstić information content (AvgIpc) is 2.68. The van der Waals surface area contributed by atoms with Crippen LogP contribution in [0.5, 0.6) is 0 Å². The minimum atomic E-state index is -0.109. The van der Waals surface area contributed by atoms with Gasteiger partial charge in [-0.05, 0) is 37.1 Å². The molecular weight excluding hydrogens is 252 g/mol. The monoisotopic (exact) mass is 266 g/mol. The number of amides is 1. The molecule has 96 valence electrons. The molecule has 1 aliphatic heterocycles. The Labute approximate surface area is 111 Å². The van der Waals surface area contributed by atoms with Crippen molar-refractivity contribution < 1.29 is 9.59 Å². The van der Waals surface area contributed by atoms with Crippen LogP contribution in [0.1, 0.15) is 18.4 Å². The van der Waals surface area contributed by atoms with E-state index in [2.05, 4.69) is 5.32 Å². The van der Waals surface area contributed by atoms with Gasteiger partial charge in [-0.3, -0.25) is 15.0 Å². The third-order valence-electron chi connectivity index (χ3n) is 3.05. The number of anilines is 1. The van der Waals surface area contributed by atoms with Gasteiger partial charge >= 0.3 is 0 Å². The molecule has 0 radical (unpaired) electrons. The molecule has 1 fully saturated rings. The molecule has 0 spiro atoms. The highest BCUT2D eigenvalue weighted by Gasteiger charge is 2.31. The Balaban J connectivity index is 2.27. The van der Waals surface area contributed by atoms with E-state index < -0.39 is 0 Å². The van der Waals surface area contributed by atoms with Crippen molar-refractivity contribution in [1.29, 1.82) is 0 Å². The Bertz CT molecular complexity index is 476. The maximum atomic E-state index is 11.9. The highest BCUT2D eigenvalue weighted by Crippen LogP contribution is 2.27. The molecule has 1 aliphatic rings. The van der Waals surface area contributed by atoms with Crippen molar-refractivity contribution in [3.8, 4) is 0 Å². The summed E-state index contributed by atoms with van der Waals surface area (Å²) in [5, 5.41) is 3.77. The lowest BCUT2D eigenvalue weighted by molar-refractivity contribution is -0.116. The van der Waals surface area contributed by atoms with Crippen LogP contribution in [0.2, 0.25) is 5.02 Å². The second-order valence-corrected chi connectivity index (χ2v) is 4.77. The molecule has 2 rings (SSSR count). The van der Waals surface area contributed by atoms with Gasteiger partial charge in [0.2, 0.25) is 5.91 Å². The lowest BCUT2D eigenvalue weighted by Gasteiger charge is -2.25. The number of carbonyl (C=O) groups is 2. The fourth-order valence-corrected chi connectivity index (χ4v) is 2.43. The van der Waals surface area contributed by atoms with Crippen molar-refractivity contribution in [3.63, 3.8) is 0 Å². The molecule has 1 N–H and O–H groups in total. The van der Waals surface area contributed by atoms with Gasteiger partial charge in [0, 0.05) is 17.1 Å². The number of halogens is 1. The van der Waals surface area contributed by atoms with Gasteiger partial charge in [-0.15, -0.1) is 0 Å². The average molecular weight is 267 g/mol. The molecular formula is C13H15ClN2O2. The summed E-state index contributed by atoms with van der Waals surface area (Å²) >= 11 is 5.91. The molecule has 0 bridgehead atoms. The van der Waals surface area contributed by atoms with Crippen LogP contribution in [0.3, 0.4) is 0 Å². The normalized spacial score (nSPS) is 19.3. The first kappa shape index (κ1) is 13.1. The van der Waals surface area contributed by atoms with E-state index in [0.29, 0.717) is 24.4 Å². The van der Waals surface area contributed by atoms with Crippen LogP contribution in [0.15, 0.2) is 18.2 Å². The number of carbonyl (C=O) groups excluding carboxylic acids is 2. The summed E-state index contributed by atoms with van der Waals surface area (Å²) in [7, 11) is 0. The Morgan fingerprint density at radius 2 is 2.33 bits per heavy atom. The zero-order valence-corrected chi connectivity index (χ0v) is 10.9. The third-order valence-corrected chi connectivity index (χ3v) is 3.28. The van der Waals surface area contributed by atoms with Gasteiger partial charge in [-0.25, -0.2) is 0 Å². The van der Waals surface area contributed by atoms with E-state index in [9.17, 15) is 9.59 Å². The molecule has 1 amide bonds. The first-order chi connectivity index (χ1) is 8.63. The van der Waals surface area contributed by atoms with Gasteiger partial charge < -0.3 is 4.79 Å². The molecule has 1 atom stereocenters. The summed E-state index contributed by atoms with van der Waals surface area (Å²) in [6.45, 7) is 2.23. The summed E-state index contributed by atoms with van der Waals surface area (Å²) < 4.78 is 0. The van der Waals surface area contributed by atoms with Crippen LogP contribution in [-0.2, 0) is 9.59 Å². The number of nitrogens with zero attached hydrogens (tertiary/aromatic N) is 1. The van der Waals surface area contributed by atoms with Crippen LogP contribution in [-0.4, -0.2) is 24.9 Å². The minimum Gasteiger partial charge on any atom is -0.303 e. The van der Waals surface area contributed by atoms with E-state index >= 15 is 0 Å². The van der Waals surface area contributed by atoms with Gasteiger partial charge in [-0.1, -0.05) is 11.6 Å². The van der Waals surface area contributed by atoms with Crippen LogP contribution in [0, 0.1) is 6.92 Å². The Morgan fingerprint density at radius 3 is 3.00 bits per heavy atom. The Hall–Kier alpha value is -1.39. The summed E-state index contributed by atoms with van der Waals surface area (Å²) in [5.74, 6) is 0.0244. The Morgan fingerprint density at radius 1 is 1.56 bits per heavy atom. The van der Waals surface area contributed by atoms with Crippen LogP contribution in [0.4, 0.5) is 5.69 Å². The van der Waals surface area contributed by atoms with Crippen LogP contribution in [0.25, 0.3) is 0 Å². The lowest BCUT2D eigenvalue weighted by Crippen LogP contribution is -2.37. The van der Waals surface area contributed by atoms with E-state index in [-0.39, 0.29) is 12.1 Å². The second kappa shape index (κ2) is 5.50. The SMILES string of the molecule is Cc1cc(Cl)ccc1N1C(=O)CNC1CCC=O. The minimum absolute atomic E-state index is 0.0244. The highest BCUT2D eigenvalue weighted by atomic mass is 35.5. The third kappa shape index (κ3) is 2.54. The second-order valence-electron chi connectivity index (χ2n) is 4.34. The first-order valence-electron chi connectivity index (χ1n) is 5.88. The quantitative estimate of drug-likeness (QED) is 0.847. The number of nitrogens with one attached hydrogen (secondary N) is 1. The maximum absolute atomic E-state index is 11.9. The zero-order valence-electron chi connectivity index (χ0n) is 10.1. The predicted octanol–water partition coefficient (Wildman–Crippen LogP) is 1.89. The first-order valence-corrected chi connectivity index (χ1v) is 6.26. The van der Waals surface area contributed by atoms with Crippen molar-refractivity contribution in [2.45, 2.75) is 25.9 Å². The molecule has 1 aromatic rings. The maximum Gasteiger partial charge on any atom is 0.242 e. The van der Waals surface area contributed by atoms with Gasteiger partial charge in [-0.2, -0.15) is 0 Å². The van der Waals surface area contributed by atoms with E-state index in [4.69, 9.17) is 11.6 Å². The van der Waals surface area contributed by atoms with E-state index in [1.54, 1.807) is 11.0 Å². The summed E-state index contributed by atoms with van der Waals surface area (Å²) in [6.07, 6.45) is 1.82. The molecule has 0 saturated carbocycles. The largest absolute Gasteiger partial charge is 0.303 e. The van der Waals surface area contributed by atoms with Crippen molar-refractivity contribution in [2.75, 3.05) is 11.4 Å². The van der Waals surface area contributed by atoms with E-state index in [1.807, 2.05) is 19.1 Å². The van der Waals surface area contributed by atoms with Crippen molar-refractivity contribution in [3.05, 3.63) is 28.8 Å². The van der Waals surface area contributed by atoms with Gasteiger partial charge in [0.25, 0.3) is 0 Å². The molecule has 1 unspecified atom stereocenters. The summed E-state index contributed by atoms with van der Waals surface area (Å²) in [6, 6.07) is 5.45. The fourth-order valence-electron chi connectivity index (χ4n) is 2.20. The molecule has 5 heteroatoms. The molecule has 1 heterocycles. The summed E-state index contributed by atoms with van der Waals surface area (Å²) in [5.41, 5.74) is 1.81. The fraction of sp³-hybridized carbons (Fsp3) is 0.385. The molecule has 1 saturated heterocycles. The highest BCUT2D eigenvalue weighted by molar-refractivity contribution is 6.30. The van der Waals surface area contributed by atoms with Gasteiger partial charge in [0.05, 0.1) is 12.7 Å². The standard InChI is InChI=1S/C13H15ClN2O2/c1-9-7-10(14)4-5-11(9)16-12(3-2-6-17)15-8-13(16)18/h4-7,12,15H,2-3,8H2,1H3.